The molecule has 1 aromatic carbocycles. The lowest BCUT2D eigenvalue weighted by Gasteiger charge is -2.09. The molecule has 0 amide bonds. The molecule has 0 spiro atoms. The molecule has 16 heavy (non-hydrogen) atoms. The minimum Gasteiger partial charge on any atom is -0.492 e. The Morgan fingerprint density at radius 3 is 2.69 bits per heavy atom. The topological polar surface area (TPSA) is 29.5 Å². The van der Waals surface area contributed by atoms with Crippen molar-refractivity contribution in [3.8, 4) is 5.75 Å². The highest BCUT2D eigenvalue weighted by Crippen LogP contribution is 2.26. The summed E-state index contributed by atoms with van der Waals surface area (Å²) in [7, 11) is 0. The maximum absolute atomic E-state index is 9.47. The second kappa shape index (κ2) is 6.77. The van der Waals surface area contributed by atoms with Gasteiger partial charge in [-0.05, 0) is 43.9 Å². The Kier molecular flexibility index (Phi) is 5.64. The van der Waals surface area contributed by atoms with Crippen molar-refractivity contribution < 1.29 is 9.84 Å². The maximum Gasteiger partial charge on any atom is 0.137 e. The van der Waals surface area contributed by atoms with Gasteiger partial charge >= 0.3 is 0 Å². The molecule has 2 nitrogen and oxygen atoms in total. The summed E-state index contributed by atoms with van der Waals surface area (Å²) in [6.07, 6.45) is 2.21. The van der Waals surface area contributed by atoms with Crippen LogP contribution in [0.2, 0.25) is 5.02 Å². The predicted molar refractivity (Wildman–Crippen MR) is 67.2 cm³/mol. The smallest absolute Gasteiger partial charge is 0.137 e. The van der Waals surface area contributed by atoms with Crippen LogP contribution in [-0.2, 0) is 6.42 Å². The first-order valence-electron chi connectivity index (χ1n) is 5.76. The average molecular weight is 243 g/mol. The quantitative estimate of drug-likeness (QED) is 0.828. The van der Waals surface area contributed by atoms with Crippen molar-refractivity contribution >= 4 is 11.6 Å². The summed E-state index contributed by atoms with van der Waals surface area (Å²) in [6.45, 7) is 4.53. The van der Waals surface area contributed by atoms with E-state index in [-0.39, 0.29) is 6.10 Å². The van der Waals surface area contributed by atoms with Crippen LogP contribution in [0.15, 0.2) is 18.2 Å². The number of aliphatic hydroxyl groups is 1. The Morgan fingerprint density at radius 2 is 2.12 bits per heavy atom. The standard InChI is InChI=1S/C13H19ClO2/c1-3-11(15)7-5-10-6-8-13(16-4-2)12(14)9-10/h6,8-9,11,15H,3-5,7H2,1-2H3. The van der Waals surface area contributed by atoms with E-state index in [9.17, 15) is 5.11 Å². The van der Waals surface area contributed by atoms with Crippen LogP contribution in [0.3, 0.4) is 0 Å². The van der Waals surface area contributed by atoms with Gasteiger partial charge in [-0.25, -0.2) is 0 Å². The highest BCUT2D eigenvalue weighted by atomic mass is 35.5. The molecule has 0 aromatic heterocycles. The van der Waals surface area contributed by atoms with E-state index in [1.54, 1.807) is 0 Å². The first-order valence-corrected chi connectivity index (χ1v) is 6.14. The van der Waals surface area contributed by atoms with E-state index in [4.69, 9.17) is 16.3 Å². The van der Waals surface area contributed by atoms with Gasteiger partial charge in [0.1, 0.15) is 5.75 Å². The van der Waals surface area contributed by atoms with Crippen molar-refractivity contribution in [1.29, 1.82) is 0 Å². The minimum atomic E-state index is -0.217. The Labute approximate surface area is 102 Å². The highest BCUT2D eigenvalue weighted by Gasteiger charge is 2.05. The zero-order chi connectivity index (χ0) is 12.0. The maximum atomic E-state index is 9.47. The number of hydrogen-bond acceptors (Lipinski definition) is 2. The van der Waals surface area contributed by atoms with Gasteiger partial charge in [0.25, 0.3) is 0 Å². The van der Waals surface area contributed by atoms with E-state index in [1.165, 1.54) is 0 Å². The fourth-order valence-corrected chi connectivity index (χ4v) is 1.77. The van der Waals surface area contributed by atoms with Gasteiger partial charge in [-0.3, -0.25) is 0 Å². The highest BCUT2D eigenvalue weighted by molar-refractivity contribution is 6.32. The summed E-state index contributed by atoms with van der Waals surface area (Å²) < 4.78 is 5.36. The molecule has 0 saturated heterocycles. The Balaban J connectivity index is 2.59. The van der Waals surface area contributed by atoms with Gasteiger partial charge in [0.15, 0.2) is 0 Å². The molecule has 1 unspecified atom stereocenters. The van der Waals surface area contributed by atoms with Gasteiger partial charge in [-0.15, -0.1) is 0 Å². The number of hydrogen-bond donors (Lipinski definition) is 1. The van der Waals surface area contributed by atoms with Crippen LogP contribution in [0.4, 0.5) is 0 Å². The summed E-state index contributed by atoms with van der Waals surface area (Å²) in [5.41, 5.74) is 1.14. The van der Waals surface area contributed by atoms with Crippen molar-refractivity contribution in [2.45, 2.75) is 39.2 Å². The molecule has 90 valence electrons. The van der Waals surface area contributed by atoms with Gasteiger partial charge in [-0.1, -0.05) is 24.6 Å². The number of ether oxygens (including phenoxy) is 1. The normalized spacial score (nSPS) is 12.5. The lowest BCUT2D eigenvalue weighted by atomic mass is 10.1. The summed E-state index contributed by atoms with van der Waals surface area (Å²) in [6, 6.07) is 5.80. The van der Waals surface area contributed by atoms with E-state index in [0.717, 1.165) is 30.6 Å². The van der Waals surface area contributed by atoms with Gasteiger partial charge in [-0.2, -0.15) is 0 Å². The third kappa shape index (κ3) is 4.03. The Hall–Kier alpha value is -0.730. The van der Waals surface area contributed by atoms with Crippen LogP contribution in [0.25, 0.3) is 0 Å². The lowest BCUT2D eigenvalue weighted by molar-refractivity contribution is 0.160. The van der Waals surface area contributed by atoms with Gasteiger partial charge < -0.3 is 9.84 Å². The minimum absolute atomic E-state index is 0.217. The molecular formula is C13H19ClO2. The van der Waals surface area contributed by atoms with Crippen molar-refractivity contribution in [3.63, 3.8) is 0 Å². The van der Waals surface area contributed by atoms with Gasteiger partial charge in [0.05, 0.1) is 17.7 Å². The number of halogens is 1. The van der Waals surface area contributed by atoms with Crippen molar-refractivity contribution in [3.05, 3.63) is 28.8 Å². The summed E-state index contributed by atoms with van der Waals surface area (Å²) in [4.78, 5) is 0. The van der Waals surface area contributed by atoms with Crippen LogP contribution >= 0.6 is 11.6 Å². The largest absolute Gasteiger partial charge is 0.492 e. The molecular weight excluding hydrogens is 224 g/mol. The lowest BCUT2D eigenvalue weighted by Crippen LogP contribution is -2.05. The van der Waals surface area contributed by atoms with Gasteiger partial charge in [0, 0.05) is 0 Å². The van der Waals surface area contributed by atoms with E-state index >= 15 is 0 Å². The Bertz CT molecular complexity index is 326. The van der Waals surface area contributed by atoms with E-state index in [2.05, 4.69) is 0 Å². The molecule has 0 fully saturated rings. The monoisotopic (exact) mass is 242 g/mol. The zero-order valence-corrected chi connectivity index (χ0v) is 10.6. The molecule has 0 aliphatic heterocycles. The third-order valence-corrected chi connectivity index (χ3v) is 2.83. The molecule has 0 aliphatic carbocycles. The first kappa shape index (κ1) is 13.3. The van der Waals surface area contributed by atoms with Crippen LogP contribution in [-0.4, -0.2) is 17.8 Å². The molecule has 0 aliphatic rings. The van der Waals surface area contributed by atoms with Crippen molar-refractivity contribution in [1.82, 2.24) is 0 Å². The summed E-state index contributed by atoms with van der Waals surface area (Å²) >= 11 is 6.07. The fraction of sp³-hybridized carbons (Fsp3) is 0.538. The molecule has 0 saturated carbocycles. The fourth-order valence-electron chi connectivity index (χ4n) is 1.51. The Morgan fingerprint density at radius 1 is 1.38 bits per heavy atom. The molecule has 1 aromatic rings. The van der Waals surface area contributed by atoms with Crippen molar-refractivity contribution in [2.24, 2.45) is 0 Å². The summed E-state index contributed by atoms with van der Waals surface area (Å²) in [5, 5.41) is 10.1. The van der Waals surface area contributed by atoms with Gasteiger partial charge in [0.2, 0.25) is 0 Å². The average Bonchev–Trinajstić information content (AvgIpc) is 2.29. The summed E-state index contributed by atoms with van der Waals surface area (Å²) in [5.74, 6) is 0.726. The number of aliphatic hydroxyl groups excluding tert-OH is 1. The number of aryl methyl sites for hydroxylation is 1. The van der Waals surface area contributed by atoms with E-state index in [1.807, 2.05) is 32.0 Å². The predicted octanol–water partition coefficient (Wildman–Crippen LogP) is 3.44. The molecule has 0 bridgehead atoms. The second-order valence-electron chi connectivity index (χ2n) is 3.80. The van der Waals surface area contributed by atoms with Crippen LogP contribution in [0.1, 0.15) is 32.3 Å². The number of benzene rings is 1. The molecule has 0 radical (unpaired) electrons. The van der Waals surface area contributed by atoms with Crippen LogP contribution in [0, 0.1) is 0 Å². The number of rotatable bonds is 6. The SMILES string of the molecule is CCOc1ccc(CCC(O)CC)cc1Cl. The first-order chi connectivity index (χ1) is 7.67. The third-order valence-electron chi connectivity index (χ3n) is 2.53. The molecule has 1 rings (SSSR count). The molecule has 1 N–H and O–H groups in total. The zero-order valence-electron chi connectivity index (χ0n) is 9.87. The van der Waals surface area contributed by atoms with Crippen LogP contribution in [0.5, 0.6) is 5.75 Å². The second-order valence-corrected chi connectivity index (χ2v) is 4.21. The molecule has 1 atom stereocenters. The molecule has 3 heteroatoms. The van der Waals surface area contributed by atoms with Crippen LogP contribution < -0.4 is 4.74 Å². The molecule has 0 heterocycles. The van der Waals surface area contributed by atoms with E-state index in [0.29, 0.717) is 11.6 Å². The van der Waals surface area contributed by atoms with Crippen molar-refractivity contribution in [2.75, 3.05) is 6.61 Å². The van der Waals surface area contributed by atoms with E-state index < -0.39 is 0 Å².